The first-order valence-electron chi connectivity index (χ1n) is 17.7. The van der Waals surface area contributed by atoms with Gasteiger partial charge in [-0.2, -0.15) is 0 Å². The first-order valence-corrected chi connectivity index (χ1v) is 20.1. The van der Waals surface area contributed by atoms with E-state index in [0.29, 0.717) is 60.9 Å². The summed E-state index contributed by atoms with van der Waals surface area (Å²) < 4.78 is 1.70. The van der Waals surface area contributed by atoms with Gasteiger partial charge in [-0.3, -0.25) is 14.4 Å². The van der Waals surface area contributed by atoms with Crippen LogP contribution in [0.4, 0.5) is 10.5 Å². The van der Waals surface area contributed by atoms with Gasteiger partial charge in [-0.15, -0.1) is 11.3 Å². The van der Waals surface area contributed by atoms with Crippen molar-refractivity contribution in [1.29, 1.82) is 0 Å². The number of urea groups is 1. The largest absolute Gasteiger partial charge is 0.342 e. The third kappa shape index (κ3) is 7.46. The van der Waals surface area contributed by atoms with E-state index in [9.17, 15) is 19.2 Å². The molecule has 0 bridgehead atoms. The fraction of sp³-hybridized carbons (Fsp3) is 0.514. The summed E-state index contributed by atoms with van der Waals surface area (Å²) in [6.07, 6.45) is 6.85. The van der Waals surface area contributed by atoms with E-state index >= 15 is 0 Å². The highest BCUT2D eigenvalue weighted by atomic mass is 127. The Morgan fingerprint density at radius 2 is 1.53 bits per heavy atom. The van der Waals surface area contributed by atoms with Crippen LogP contribution in [-0.2, 0) is 20.6 Å². The number of carbonyl (C=O) groups excluding carboxylic acids is 4. The van der Waals surface area contributed by atoms with Gasteiger partial charge in [0.1, 0.15) is 6.04 Å². The zero-order chi connectivity index (χ0) is 33.9. The first kappa shape index (κ1) is 34.2. The van der Waals surface area contributed by atoms with Gasteiger partial charge < -0.3 is 30.2 Å². The van der Waals surface area contributed by atoms with Gasteiger partial charge in [0.25, 0.3) is 5.91 Å². The summed E-state index contributed by atoms with van der Waals surface area (Å²) in [7, 11) is 0. The molecule has 49 heavy (non-hydrogen) atoms. The van der Waals surface area contributed by atoms with Crippen LogP contribution >= 0.6 is 33.9 Å². The Hall–Kier alpha value is -3.23. The maximum absolute atomic E-state index is 14.2. The smallest absolute Gasteiger partial charge is 0.322 e. The molecular formula is C37H45IN6O4S. The summed E-state index contributed by atoms with van der Waals surface area (Å²) in [6, 6.07) is 15.3. The van der Waals surface area contributed by atoms with Crippen molar-refractivity contribution in [2.75, 3.05) is 44.6 Å². The number of likely N-dealkylation sites (tertiary alicyclic amines) is 3. The van der Waals surface area contributed by atoms with Gasteiger partial charge in [0.2, 0.25) is 11.8 Å². The lowest BCUT2D eigenvalue weighted by molar-refractivity contribution is -0.140. The van der Waals surface area contributed by atoms with Gasteiger partial charge in [-0.1, -0.05) is 65.4 Å². The summed E-state index contributed by atoms with van der Waals surface area (Å²) in [5, 5.41) is 7.10. The minimum absolute atomic E-state index is 0.0235. The van der Waals surface area contributed by atoms with E-state index in [0.717, 1.165) is 52.8 Å². The number of thiophene rings is 1. The van der Waals surface area contributed by atoms with Crippen molar-refractivity contribution in [3.05, 3.63) is 64.5 Å². The Morgan fingerprint density at radius 1 is 0.857 bits per heavy atom. The predicted octanol–water partition coefficient (Wildman–Crippen LogP) is 5.84. The van der Waals surface area contributed by atoms with E-state index in [2.05, 4.69) is 38.1 Å². The van der Waals surface area contributed by atoms with Crippen LogP contribution in [0.15, 0.2) is 48.5 Å². The number of piperidine rings is 3. The monoisotopic (exact) mass is 796 g/mol. The van der Waals surface area contributed by atoms with Crippen molar-refractivity contribution >= 4 is 73.5 Å². The van der Waals surface area contributed by atoms with E-state index in [-0.39, 0.29) is 36.2 Å². The minimum Gasteiger partial charge on any atom is -0.342 e. The second kappa shape index (κ2) is 15.3. The number of amides is 5. The van der Waals surface area contributed by atoms with E-state index in [1.54, 1.807) is 4.90 Å². The number of benzene rings is 2. The number of rotatable bonds is 8. The molecule has 10 nitrogen and oxygen atoms in total. The average molecular weight is 797 g/mol. The Balaban J connectivity index is 1.03. The number of carbonyl (C=O) groups is 4. The van der Waals surface area contributed by atoms with Gasteiger partial charge in [-0.25, -0.2) is 4.79 Å². The minimum atomic E-state index is -0.944. The number of nitrogens with one attached hydrogen (secondary N) is 2. The van der Waals surface area contributed by atoms with Crippen molar-refractivity contribution in [2.24, 2.45) is 0 Å². The van der Waals surface area contributed by atoms with Gasteiger partial charge in [0.15, 0.2) is 0 Å². The number of para-hydroxylation sites is 1. The summed E-state index contributed by atoms with van der Waals surface area (Å²) in [4.78, 5) is 63.6. The standard InChI is InChI=1S/C37H45IN6O4S/c38-23-29-28-9-3-5-11-32(28)49-34(29)35(46)39-31(36(47)43-20-12-26(13-21-43)41-16-6-1-7-17-41)22-33(45)42-18-14-27(15-19-42)44-24-25-8-2-4-10-30(25)40-37(44)48/h2-5,8-11,26-27,31H,1,6-7,12-24H2,(H,39,46)(H,40,48)/t31-/m0/s1. The third-order valence-electron chi connectivity index (χ3n) is 10.8. The summed E-state index contributed by atoms with van der Waals surface area (Å²) in [5.41, 5.74) is 2.90. The van der Waals surface area contributed by atoms with Crippen LogP contribution in [-0.4, -0.2) is 101 Å². The van der Waals surface area contributed by atoms with Gasteiger partial charge in [0, 0.05) is 59.6 Å². The van der Waals surface area contributed by atoms with Crippen molar-refractivity contribution in [1.82, 2.24) is 24.9 Å². The second-order valence-corrected chi connectivity index (χ2v) is 15.6. The molecule has 4 aliphatic heterocycles. The molecule has 1 aromatic heterocycles. The van der Waals surface area contributed by atoms with Crippen LogP contribution in [0.3, 0.4) is 0 Å². The summed E-state index contributed by atoms with van der Waals surface area (Å²) in [6.45, 7) is 5.08. The fourth-order valence-corrected chi connectivity index (χ4v) is 10.2. The molecule has 3 saturated heterocycles. The van der Waals surface area contributed by atoms with E-state index in [1.807, 2.05) is 58.3 Å². The van der Waals surface area contributed by atoms with Gasteiger partial charge in [-0.05, 0) is 80.3 Å². The number of hydrogen-bond donors (Lipinski definition) is 2. The van der Waals surface area contributed by atoms with Crippen LogP contribution in [0, 0.1) is 0 Å². The quantitative estimate of drug-likeness (QED) is 0.220. The molecule has 7 rings (SSSR count). The Morgan fingerprint density at radius 3 is 2.29 bits per heavy atom. The molecule has 0 radical (unpaired) electrons. The molecule has 5 heterocycles. The van der Waals surface area contributed by atoms with Crippen LogP contribution in [0.25, 0.3) is 10.1 Å². The molecule has 0 aliphatic carbocycles. The molecule has 2 N–H and O–H groups in total. The zero-order valence-corrected chi connectivity index (χ0v) is 30.8. The van der Waals surface area contributed by atoms with Crippen molar-refractivity contribution in [3.63, 3.8) is 0 Å². The molecular weight excluding hydrogens is 751 g/mol. The lowest BCUT2D eigenvalue weighted by Crippen LogP contribution is -2.55. The normalized spacial score (nSPS) is 20.2. The number of nitrogens with zero attached hydrogens (tertiary/aromatic N) is 4. The molecule has 0 spiro atoms. The van der Waals surface area contributed by atoms with Crippen molar-refractivity contribution in [3.8, 4) is 0 Å². The van der Waals surface area contributed by atoms with Crippen LogP contribution < -0.4 is 10.6 Å². The molecule has 3 aromatic rings. The highest BCUT2D eigenvalue weighted by Crippen LogP contribution is 2.33. The SMILES string of the molecule is O=C(N[C@@H](CC(=O)N1CCC(N2Cc3ccccc3NC2=O)CC1)C(=O)N1CCC(N2CCCCC2)CC1)c1sc2ccccc2c1CI. The highest BCUT2D eigenvalue weighted by Gasteiger charge is 2.37. The topological polar surface area (TPSA) is 105 Å². The zero-order valence-electron chi connectivity index (χ0n) is 27.9. The maximum Gasteiger partial charge on any atom is 0.322 e. The van der Waals surface area contributed by atoms with E-state index in [1.165, 1.54) is 30.6 Å². The fourth-order valence-electron chi connectivity index (χ4n) is 8.04. The number of alkyl halides is 1. The molecule has 260 valence electrons. The molecule has 0 saturated carbocycles. The maximum atomic E-state index is 14.2. The average Bonchev–Trinajstić information content (AvgIpc) is 3.53. The van der Waals surface area contributed by atoms with Gasteiger partial charge in [0.05, 0.1) is 11.3 Å². The van der Waals surface area contributed by atoms with Crippen molar-refractivity contribution in [2.45, 2.75) is 80.5 Å². The number of fused-ring (bicyclic) bond motifs is 2. The van der Waals surface area contributed by atoms with Crippen LogP contribution in [0.5, 0.6) is 0 Å². The third-order valence-corrected chi connectivity index (χ3v) is 12.8. The number of hydrogen-bond acceptors (Lipinski definition) is 6. The van der Waals surface area contributed by atoms with E-state index in [4.69, 9.17) is 0 Å². The second-order valence-electron chi connectivity index (χ2n) is 13.7. The molecule has 12 heteroatoms. The summed E-state index contributed by atoms with van der Waals surface area (Å²) >= 11 is 3.72. The van der Waals surface area contributed by atoms with Crippen LogP contribution in [0.1, 0.15) is 72.2 Å². The molecule has 1 atom stereocenters. The number of halogens is 1. The lowest BCUT2D eigenvalue weighted by Gasteiger charge is -2.41. The Labute approximate surface area is 305 Å². The molecule has 3 fully saturated rings. The lowest BCUT2D eigenvalue weighted by atomic mass is 9.98. The Bertz CT molecular complexity index is 1690. The van der Waals surface area contributed by atoms with Crippen molar-refractivity contribution < 1.29 is 19.2 Å². The number of anilines is 1. The molecule has 4 aliphatic rings. The molecule has 5 amide bonds. The molecule has 0 unspecified atom stereocenters. The molecule has 2 aromatic carbocycles. The highest BCUT2D eigenvalue weighted by molar-refractivity contribution is 14.1. The van der Waals surface area contributed by atoms with E-state index < -0.39 is 6.04 Å². The predicted molar refractivity (Wildman–Crippen MR) is 201 cm³/mol. The first-order chi connectivity index (χ1) is 23.9. The van der Waals surface area contributed by atoms with Gasteiger partial charge >= 0.3 is 6.03 Å². The van der Waals surface area contributed by atoms with Crippen LogP contribution in [0.2, 0.25) is 0 Å². The Kier molecular flexibility index (Phi) is 10.7. The summed E-state index contributed by atoms with van der Waals surface area (Å²) in [5.74, 6) is -0.606.